The Hall–Kier alpha value is -0.370. The summed E-state index contributed by atoms with van der Waals surface area (Å²) in [6.45, 7) is 8.93. The maximum atomic E-state index is 4.55. The predicted octanol–water partition coefficient (Wildman–Crippen LogP) is 3.18. The van der Waals surface area contributed by atoms with E-state index in [9.17, 15) is 0 Å². The lowest BCUT2D eigenvalue weighted by molar-refractivity contribution is 0.730. The average Bonchev–Trinajstić information content (AvgIpc) is 2.84. The van der Waals surface area contributed by atoms with E-state index < -0.39 is 0 Å². The number of aliphatic imine (C=N–C) groups is 1. The molecule has 19 heavy (non-hydrogen) atoms. The molecule has 1 heterocycles. The highest BCUT2D eigenvalue weighted by molar-refractivity contribution is 14.0. The van der Waals surface area contributed by atoms with Gasteiger partial charge in [-0.15, -0.1) is 35.3 Å². The highest BCUT2D eigenvalue weighted by atomic mass is 127. The molecule has 0 aromatic carbocycles. The number of aromatic nitrogens is 1. The van der Waals surface area contributed by atoms with Crippen LogP contribution in [0.4, 0.5) is 0 Å². The van der Waals surface area contributed by atoms with Crippen LogP contribution in [0.15, 0.2) is 11.2 Å². The average molecular weight is 396 g/mol. The summed E-state index contributed by atoms with van der Waals surface area (Å²) >= 11 is 1.75. The molecule has 0 fully saturated rings. The molecule has 110 valence electrons. The Morgan fingerprint density at radius 2 is 2.11 bits per heavy atom. The second-order valence-corrected chi connectivity index (χ2v) is 5.25. The Kier molecular flexibility index (Phi) is 11.2. The van der Waals surface area contributed by atoms with Crippen molar-refractivity contribution in [1.29, 1.82) is 0 Å². The number of unbranched alkanes of at least 4 members (excludes halogenated alkanes) is 1. The molecular formula is C13H25IN4S. The summed E-state index contributed by atoms with van der Waals surface area (Å²) in [7, 11) is 0. The van der Waals surface area contributed by atoms with Gasteiger partial charge in [-0.05, 0) is 19.8 Å². The minimum Gasteiger partial charge on any atom is -0.357 e. The van der Waals surface area contributed by atoms with Crippen molar-refractivity contribution in [1.82, 2.24) is 15.6 Å². The van der Waals surface area contributed by atoms with Crippen molar-refractivity contribution in [2.45, 2.75) is 46.6 Å². The van der Waals surface area contributed by atoms with Crippen molar-refractivity contribution in [2.75, 3.05) is 13.1 Å². The Balaban J connectivity index is 0.00000324. The van der Waals surface area contributed by atoms with Crippen molar-refractivity contribution in [2.24, 2.45) is 4.99 Å². The fourth-order valence-corrected chi connectivity index (χ4v) is 2.24. The maximum absolute atomic E-state index is 4.55. The lowest BCUT2D eigenvalue weighted by Crippen LogP contribution is -2.37. The van der Waals surface area contributed by atoms with Gasteiger partial charge >= 0.3 is 0 Å². The van der Waals surface area contributed by atoms with E-state index in [0.717, 1.165) is 30.5 Å². The van der Waals surface area contributed by atoms with E-state index in [4.69, 9.17) is 0 Å². The molecular weight excluding hydrogens is 371 g/mol. The van der Waals surface area contributed by atoms with Crippen LogP contribution in [0.3, 0.4) is 0 Å². The number of nitrogens with one attached hydrogen (secondary N) is 2. The van der Waals surface area contributed by atoms with E-state index in [0.29, 0.717) is 6.54 Å². The smallest absolute Gasteiger partial charge is 0.191 e. The van der Waals surface area contributed by atoms with Crippen LogP contribution in [-0.2, 0) is 13.0 Å². The molecule has 0 aliphatic heterocycles. The fraction of sp³-hybridized carbons (Fsp3) is 0.692. The molecule has 1 aromatic rings. The first-order valence-electron chi connectivity index (χ1n) is 6.75. The second kappa shape index (κ2) is 11.5. The van der Waals surface area contributed by atoms with Crippen molar-refractivity contribution in [3.63, 3.8) is 0 Å². The van der Waals surface area contributed by atoms with Gasteiger partial charge in [-0.1, -0.05) is 20.3 Å². The molecule has 0 radical (unpaired) electrons. The zero-order valence-corrected chi connectivity index (χ0v) is 15.2. The molecule has 1 rings (SSSR count). The van der Waals surface area contributed by atoms with Gasteiger partial charge < -0.3 is 10.6 Å². The minimum atomic E-state index is 0. The number of hydrogen-bond donors (Lipinski definition) is 2. The highest BCUT2D eigenvalue weighted by Crippen LogP contribution is 2.13. The molecule has 6 heteroatoms. The normalized spacial score (nSPS) is 11.0. The van der Waals surface area contributed by atoms with Gasteiger partial charge in [0.05, 0.1) is 6.54 Å². The quantitative estimate of drug-likeness (QED) is 0.322. The van der Waals surface area contributed by atoms with Crippen molar-refractivity contribution >= 4 is 41.3 Å². The summed E-state index contributed by atoms with van der Waals surface area (Å²) in [5, 5.41) is 7.66. The molecule has 1 aromatic heterocycles. The minimum absolute atomic E-state index is 0. The second-order valence-electron chi connectivity index (χ2n) is 4.05. The van der Waals surface area contributed by atoms with Crippen LogP contribution < -0.4 is 10.6 Å². The van der Waals surface area contributed by atoms with Gasteiger partial charge in [0.15, 0.2) is 5.96 Å². The summed E-state index contributed by atoms with van der Waals surface area (Å²) in [6, 6.07) is 0. The van der Waals surface area contributed by atoms with Crippen molar-refractivity contribution in [3.8, 4) is 0 Å². The number of hydrogen-bond acceptors (Lipinski definition) is 3. The van der Waals surface area contributed by atoms with E-state index >= 15 is 0 Å². The molecule has 0 amide bonds. The molecule has 0 spiro atoms. The Morgan fingerprint density at radius 3 is 2.68 bits per heavy atom. The van der Waals surface area contributed by atoms with Crippen LogP contribution >= 0.6 is 35.3 Å². The molecule has 0 aliphatic carbocycles. The van der Waals surface area contributed by atoms with Gasteiger partial charge in [-0.25, -0.2) is 9.98 Å². The predicted molar refractivity (Wildman–Crippen MR) is 94.6 cm³/mol. The third-order valence-corrected chi connectivity index (χ3v) is 3.62. The summed E-state index contributed by atoms with van der Waals surface area (Å²) in [5.74, 6) is 0.888. The van der Waals surface area contributed by atoms with Crippen LogP contribution in [0.1, 0.15) is 43.5 Å². The van der Waals surface area contributed by atoms with Crippen LogP contribution in [0.25, 0.3) is 0 Å². The molecule has 0 saturated carbocycles. The lowest BCUT2D eigenvalue weighted by atomic mass is 10.3. The molecule has 4 nitrogen and oxygen atoms in total. The van der Waals surface area contributed by atoms with Crippen LogP contribution in [-0.4, -0.2) is 24.0 Å². The zero-order chi connectivity index (χ0) is 13.2. The number of nitrogens with zero attached hydrogens (tertiary/aromatic N) is 2. The maximum Gasteiger partial charge on any atom is 0.191 e. The molecule has 2 N–H and O–H groups in total. The largest absolute Gasteiger partial charge is 0.357 e. The Morgan fingerprint density at radius 1 is 1.32 bits per heavy atom. The van der Waals surface area contributed by atoms with Crippen LogP contribution in [0.5, 0.6) is 0 Å². The summed E-state index contributed by atoms with van der Waals surface area (Å²) in [4.78, 5) is 10.2. The fourth-order valence-electron chi connectivity index (χ4n) is 1.46. The monoisotopic (exact) mass is 396 g/mol. The van der Waals surface area contributed by atoms with Crippen molar-refractivity contribution in [3.05, 3.63) is 16.1 Å². The number of rotatable bonds is 7. The Labute approximate surface area is 137 Å². The SMILES string of the molecule is CCCCNC(=NCc1ncc(CC)s1)NCC.I. The number of guanidine groups is 1. The lowest BCUT2D eigenvalue weighted by Gasteiger charge is -2.10. The summed E-state index contributed by atoms with van der Waals surface area (Å²) < 4.78 is 0. The summed E-state index contributed by atoms with van der Waals surface area (Å²) in [5.41, 5.74) is 0. The Bertz CT molecular complexity index is 365. The molecule has 0 aliphatic rings. The highest BCUT2D eigenvalue weighted by Gasteiger charge is 2.01. The van der Waals surface area contributed by atoms with Gasteiger partial charge in [0.1, 0.15) is 5.01 Å². The van der Waals surface area contributed by atoms with Gasteiger partial charge in [-0.3, -0.25) is 0 Å². The van der Waals surface area contributed by atoms with Crippen LogP contribution in [0.2, 0.25) is 0 Å². The first-order chi connectivity index (χ1) is 8.80. The van der Waals surface area contributed by atoms with Gasteiger partial charge in [0, 0.05) is 24.2 Å². The third kappa shape index (κ3) is 7.71. The zero-order valence-electron chi connectivity index (χ0n) is 12.0. The molecule has 0 saturated heterocycles. The first-order valence-corrected chi connectivity index (χ1v) is 7.57. The summed E-state index contributed by atoms with van der Waals surface area (Å²) in [6.07, 6.45) is 5.36. The number of thiazole rings is 1. The molecule has 0 unspecified atom stereocenters. The van der Waals surface area contributed by atoms with Gasteiger partial charge in [-0.2, -0.15) is 0 Å². The van der Waals surface area contributed by atoms with E-state index in [1.54, 1.807) is 11.3 Å². The van der Waals surface area contributed by atoms with E-state index in [-0.39, 0.29) is 24.0 Å². The van der Waals surface area contributed by atoms with Gasteiger partial charge in [0.25, 0.3) is 0 Å². The third-order valence-electron chi connectivity index (χ3n) is 2.49. The van der Waals surface area contributed by atoms with Crippen LogP contribution in [0, 0.1) is 0 Å². The van der Waals surface area contributed by atoms with E-state index in [1.807, 2.05) is 6.20 Å². The van der Waals surface area contributed by atoms with Crippen molar-refractivity contribution < 1.29 is 0 Å². The molecule has 0 atom stereocenters. The van der Waals surface area contributed by atoms with E-state index in [2.05, 4.69) is 41.4 Å². The topological polar surface area (TPSA) is 49.3 Å². The van der Waals surface area contributed by atoms with E-state index in [1.165, 1.54) is 17.7 Å². The standard InChI is InChI=1S/C13H24N4S.HI/c1-4-7-8-15-13(14-6-3)17-10-12-16-9-11(5-2)18-12;/h9H,4-8,10H2,1-3H3,(H2,14,15,17);1H. The van der Waals surface area contributed by atoms with Gasteiger partial charge in [0.2, 0.25) is 0 Å². The number of aryl methyl sites for hydroxylation is 1. The molecule has 0 bridgehead atoms. The number of halogens is 1. The first kappa shape index (κ1) is 18.6.